The van der Waals surface area contributed by atoms with Crippen LogP contribution in [0.4, 0.5) is 0 Å². The number of thioether (sulfide) groups is 1. The highest BCUT2D eigenvalue weighted by atomic mass is 32.2. The predicted molar refractivity (Wildman–Crippen MR) is 71.5 cm³/mol. The zero-order valence-corrected chi connectivity index (χ0v) is 11.0. The highest BCUT2D eigenvalue weighted by Gasteiger charge is 1.95. The third kappa shape index (κ3) is 6.51. The van der Waals surface area contributed by atoms with Crippen molar-refractivity contribution in [1.82, 2.24) is 10.3 Å². The van der Waals surface area contributed by atoms with Gasteiger partial charge in [0.1, 0.15) is 0 Å². The number of pyridine rings is 1. The number of nitrogens with one attached hydrogen (secondary N) is 1. The van der Waals surface area contributed by atoms with Gasteiger partial charge in [0.15, 0.2) is 0 Å². The number of hydrogen-bond donors (Lipinski definition) is 2. The van der Waals surface area contributed by atoms with Crippen molar-refractivity contribution in [3.63, 3.8) is 0 Å². The summed E-state index contributed by atoms with van der Waals surface area (Å²) in [4.78, 5) is 4.14. The summed E-state index contributed by atoms with van der Waals surface area (Å²) in [6.45, 7) is 2.09. The molecule has 0 saturated carbocycles. The third-order valence-corrected chi connectivity index (χ3v) is 3.28. The zero-order chi connectivity index (χ0) is 12.3. The van der Waals surface area contributed by atoms with Crippen LogP contribution in [0.25, 0.3) is 0 Å². The minimum Gasteiger partial charge on any atom is -0.481 e. The molecule has 0 atom stereocenters. The van der Waals surface area contributed by atoms with E-state index >= 15 is 0 Å². The zero-order valence-electron chi connectivity index (χ0n) is 10.2. The molecule has 0 aliphatic carbocycles. The second-order valence-corrected chi connectivity index (χ2v) is 4.80. The van der Waals surface area contributed by atoms with Crippen molar-refractivity contribution in [2.75, 3.05) is 31.8 Å². The van der Waals surface area contributed by atoms with E-state index in [4.69, 9.17) is 9.84 Å². The SMILES string of the molecule is COc1ccc(CNCCSCCCO)cn1. The van der Waals surface area contributed by atoms with Crippen LogP contribution in [0, 0.1) is 0 Å². The topological polar surface area (TPSA) is 54.4 Å². The molecule has 17 heavy (non-hydrogen) atoms. The van der Waals surface area contributed by atoms with Gasteiger partial charge >= 0.3 is 0 Å². The minimum absolute atomic E-state index is 0.290. The molecule has 96 valence electrons. The first kappa shape index (κ1) is 14.3. The van der Waals surface area contributed by atoms with Gasteiger partial charge in [-0.3, -0.25) is 0 Å². The summed E-state index contributed by atoms with van der Waals surface area (Å²) in [5.74, 6) is 2.75. The predicted octanol–water partition coefficient (Wildman–Crippen LogP) is 1.30. The van der Waals surface area contributed by atoms with E-state index in [1.807, 2.05) is 30.1 Å². The number of hydrogen-bond acceptors (Lipinski definition) is 5. The number of aliphatic hydroxyl groups is 1. The Balaban J connectivity index is 2.05. The van der Waals surface area contributed by atoms with Gasteiger partial charge in [0.2, 0.25) is 5.88 Å². The van der Waals surface area contributed by atoms with Gasteiger partial charge in [-0.25, -0.2) is 4.98 Å². The molecule has 0 aliphatic heterocycles. The molecule has 1 heterocycles. The number of methoxy groups -OCH3 is 1. The first-order chi connectivity index (χ1) is 8.36. The average Bonchev–Trinajstić information content (AvgIpc) is 2.38. The van der Waals surface area contributed by atoms with Crippen molar-refractivity contribution >= 4 is 11.8 Å². The van der Waals surface area contributed by atoms with E-state index in [2.05, 4.69) is 10.3 Å². The fourth-order valence-electron chi connectivity index (χ4n) is 1.28. The molecule has 0 unspecified atom stereocenters. The van der Waals surface area contributed by atoms with Crippen LogP contribution in [0.1, 0.15) is 12.0 Å². The van der Waals surface area contributed by atoms with Crippen LogP contribution in [0.5, 0.6) is 5.88 Å². The van der Waals surface area contributed by atoms with Crippen molar-refractivity contribution in [1.29, 1.82) is 0 Å². The van der Waals surface area contributed by atoms with E-state index in [1.165, 1.54) is 0 Å². The van der Waals surface area contributed by atoms with Gasteiger partial charge in [-0.1, -0.05) is 6.07 Å². The Labute approximate surface area is 107 Å². The summed E-state index contributed by atoms with van der Waals surface area (Å²) in [7, 11) is 1.61. The van der Waals surface area contributed by atoms with Gasteiger partial charge in [0.05, 0.1) is 7.11 Å². The summed E-state index contributed by atoms with van der Waals surface area (Å²) in [6.07, 6.45) is 2.71. The van der Waals surface area contributed by atoms with Gasteiger partial charge < -0.3 is 15.2 Å². The lowest BCUT2D eigenvalue weighted by Gasteiger charge is -2.05. The van der Waals surface area contributed by atoms with Gasteiger partial charge in [0, 0.05) is 37.7 Å². The van der Waals surface area contributed by atoms with Crippen LogP contribution in [0.15, 0.2) is 18.3 Å². The highest BCUT2D eigenvalue weighted by molar-refractivity contribution is 7.99. The molecule has 2 N–H and O–H groups in total. The van der Waals surface area contributed by atoms with Crippen LogP contribution in [0.2, 0.25) is 0 Å². The summed E-state index contributed by atoms with van der Waals surface area (Å²) in [5.41, 5.74) is 1.16. The number of aliphatic hydroxyl groups excluding tert-OH is 1. The molecule has 0 spiro atoms. The van der Waals surface area contributed by atoms with E-state index in [0.29, 0.717) is 5.88 Å². The van der Waals surface area contributed by atoms with Gasteiger partial charge in [-0.15, -0.1) is 0 Å². The number of ether oxygens (including phenoxy) is 1. The van der Waals surface area contributed by atoms with Crippen LogP contribution in [-0.2, 0) is 6.54 Å². The monoisotopic (exact) mass is 256 g/mol. The van der Waals surface area contributed by atoms with Crippen molar-refractivity contribution < 1.29 is 9.84 Å². The van der Waals surface area contributed by atoms with Crippen molar-refractivity contribution in [2.24, 2.45) is 0 Å². The summed E-state index contributed by atoms with van der Waals surface area (Å²) >= 11 is 1.86. The number of rotatable bonds is 9. The molecule has 1 rings (SSSR count). The number of aromatic nitrogens is 1. The maximum Gasteiger partial charge on any atom is 0.212 e. The van der Waals surface area contributed by atoms with Gasteiger partial charge in [-0.2, -0.15) is 11.8 Å². The molecule has 5 heteroatoms. The normalized spacial score (nSPS) is 10.5. The molecule has 0 fully saturated rings. The molecule has 0 aromatic carbocycles. The molecule has 4 nitrogen and oxygen atoms in total. The summed E-state index contributed by atoms with van der Waals surface area (Å²) in [6, 6.07) is 3.88. The van der Waals surface area contributed by atoms with Gasteiger partial charge in [-0.05, 0) is 17.7 Å². The van der Waals surface area contributed by atoms with Crippen molar-refractivity contribution in [3.8, 4) is 5.88 Å². The second-order valence-electron chi connectivity index (χ2n) is 3.58. The third-order valence-electron chi connectivity index (χ3n) is 2.21. The Kier molecular flexibility index (Phi) is 7.79. The maximum absolute atomic E-state index is 8.61. The van der Waals surface area contributed by atoms with Crippen molar-refractivity contribution in [3.05, 3.63) is 23.9 Å². The molecule has 0 radical (unpaired) electrons. The standard InChI is InChI=1S/C12H20N2O2S/c1-16-12-4-3-11(10-14-12)9-13-5-8-17-7-2-6-15/h3-4,10,13,15H,2,5-9H2,1H3. The van der Waals surface area contributed by atoms with E-state index in [0.717, 1.165) is 36.6 Å². The van der Waals surface area contributed by atoms with E-state index < -0.39 is 0 Å². The highest BCUT2D eigenvalue weighted by Crippen LogP contribution is 2.06. The van der Waals surface area contributed by atoms with Crippen LogP contribution >= 0.6 is 11.8 Å². The quantitative estimate of drug-likeness (QED) is 0.652. The van der Waals surface area contributed by atoms with Crippen molar-refractivity contribution in [2.45, 2.75) is 13.0 Å². The maximum atomic E-state index is 8.61. The molecule has 1 aromatic rings. The Bertz CT molecular complexity index is 293. The average molecular weight is 256 g/mol. The Hall–Kier alpha value is -0.780. The Morgan fingerprint density at radius 3 is 2.94 bits per heavy atom. The lowest BCUT2D eigenvalue weighted by atomic mass is 10.3. The first-order valence-electron chi connectivity index (χ1n) is 5.75. The summed E-state index contributed by atoms with van der Waals surface area (Å²) in [5, 5.41) is 12.0. The van der Waals surface area contributed by atoms with E-state index in [-0.39, 0.29) is 6.61 Å². The second kappa shape index (κ2) is 9.27. The smallest absolute Gasteiger partial charge is 0.212 e. The fraction of sp³-hybridized carbons (Fsp3) is 0.583. The van der Waals surface area contributed by atoms with Crippen LogP contribution in [-0.4, -0.2) is 41.9 Å². The van der Waals surface area contributed by atoms with E-state index in [1.54, 1.807) is 7.11 Å². The Morgan fingerprint density at radius 1 is 1.41 bits per heavy atom. The molecule has 0 amide bonds. The summed E-state index contributed by atoms with van der Waals surface area (Å²) < 4.78 is 4.99. The molecule has 0 bridgehead atoms. The number of nitrogens with zero attached hydrogens (tertiary/aromatic N) is 1. The minimum atomic E-state index is 0.290. The largest absolute Gasteiger partial charge is 0.481 e. The lowest BCUT2D eigenvalue weighted by molar-refractivity contribution is 0.296. The first-order valence-corrected chi connectivity index (χ1v) is 6.90. The van der Waals surface area contributed by atoms with E-state index in [9.17, 15) is 0 Å². The fourth-order valence-corrected chi connectivity index (χ4v) is 2.11. The van der Waals surface area contributed by atoms with Crippen LogP contribution in [0.3, 0.4) is 0 Å². The molecular weight excluding hydrogens is 236 g/mol. The molecular formula is C12H20N2O2S. The van der Waals surface area contributed by atoms with Crippen LogP contribution < -0.4 is 10.1 Å². The lowest BCUT2D eigenvalue weighted by Crippen LogP contribution is -2.16. The Morgan fingerprint density at radius 2 is 2.29 bits per heavy atom. The molecule has 0 saturated heterocycles. The molecule has 1 aromatic heterocycles. The van der Waals surface area contributed by atoms with Gasteiger partial charge in [0.25, 0.3) is 0 Å². The molecule has 0 aliphatic rings.